The second-order valence-electron chi connectivity index (χ2n) is 9.24. The Bertz CT molecular complexity index is 1420. The molecule has 1 unspecified atom stereocenters. The number of aromatic nitrogens is 2. The number of carbonyl (C=O) groups is 3. The fourth-order valence-electron chi connectivity index (χ4n) is 4.78. The van der Waals surface area contributed by atoms with Gasteiger partial charge in [-0.15, -0.1) is 0 Å². The first-order chi connectivity index (χ1) is 18.3. The number of hydrazine groups is 1. The van der Waals surface area contributed by atoms with E-state index in [0.29, 0.717) is 30.5 Å². The van der Waals surface area contributed by atoms with Crippen molar-refractivity contribution >= 4 is 35.3 Å². The van der Waals surface area contributed by atoms with Crippen LogP contribution >= 0.6 is 11.6 Å². The van der Waals surface area contributed by atoms with Gasteiger partial charge in [0.15, 0.2) is 5.82 Å². The number of likely N-dealkylation sites (tertiary alicyclic amines) is 1. The molecule has 0 bridgehead atoms. The largest absolute Gasteiger partial charge is 0.347 e. The van der Waals surface area contributed by atoms with Gasteiger partial charge in [-0.25, -0.2) is 14.2 Å². The van der Waals surface area contributed by atoms with Crippen LogP contribution in [0.15, 0.2) is 48.9 Å². The first kappa shape index (κ1) is 25.4. The Hall–Kier alpha value is -4.25. The number of fused-ring (bicyclic) bond motifs is 2. The molecular weight excluding hydrogens is 513 g/mol. The van der Waals surface area contributed by atoms with Gasteiger partial charge in [0.25, 0.3) is 5.91 Å². The standard InChI is InChI=1S/C26H25ClFN7O3/c1-35-13-16(10-22(35)36)31-25(37)15-9-20(27)24(30-11-15)33-34-26(38)32-23-18-3-2-4-21(28)17(18)6-5-14-7-8-29-12-19(14)23/h2-4,7-9,11-12,16,23H,5-6,10,13H2,1H3,(H,30,33)(H,31,37)(H2,32,34,38)/t16-,23?/m0/s1. The lowest BCUT2D eigenvalue weighted by molar-refractivity contribution is -0.126. The highest BCUT2D eigenvalue weighted by molar-refractivity contribution is 6.33. The number of nitrogens with one attached hydrogen (secondary N) is 4. The summed E-state index contributed by atoms with van der Waals surface area (Å²) in [7, 11) is 1.68. The third-order valence-corrected chi connectivity index (χ3v) is 7.01. The lowest BCUT2D eigenvalue weighted by Crippen LogP contribution is -2.41. The van der Waals surface area contributed by atoms with Crippen molar-refractivity contribution in [3.63, 3.8) is 0 Å². The molecule has 4 N–H and O–H groups in total. The van der Waals surface area contributed by atoms with Crippen molar-refractivity contribution in [2.45, 2.75) is 31.3 Å². The second-order valence-corrected chi connectivity index (χ2v) is 9.65. The number of benzene rings is 1. The molecule has 3 heterocycles. The predicted octanol–water partition coefficient (Wildman–Crippen LogP) is 2.74. The number of hydrogen-bond acceptors (Lipinski definition) is 6. The molecule has 5 rings (SSSR count). The van der Waals surface area contributed by atoms with Crippen LogP contribution in [0.2, 0.25) is 5.02 Å². The van der Waals surface area contributed by atoms with Crippen molar-refractivity contribution in [2.24, 2.45) is 0 Å². The van der Waals surface area contributed by atoms with Gasteiger partial charge in [0.05, 0.1) is 22.7 Å². The normalized spacial score (nSPS) is 18.2. The highest BCUT2D eigenvalue weighted by atomic mass is 35.5. The molecule has 1 aromatic carbocycles. The van der Waals surface area contributed by atoms with Gasteiger partial charge >= 0.3 is 6.03 Å². The molecule has 2 atom stereocenters. The third-order valence-electron chi connectivity index (χ3n) is 6.72. The Morgan fingerprint density at radius 2 is 1.97 bits per heavy atom. The molecule has 0 spiro atoms. The minimum Gasteiger partial charge on any atom is -0.347 e. The molecular formula is C26H25ClFN7O3. The molecule has 2 aliphatic rings. The molecule has 10 nitrogen and oxygen atoms in total. The topological polar surface area (TPSA) is 128 Å². The van der Waals surface area contributed by atoms with Crippen LogP contribution in [0.25, 0.3) is 0 Å². The summed E-state index contributed by atoms with van der Waals surface area (Å²) in [5.41, 5.74) is 8.33. The quantitative estimate of drug-likeness (QED) is 0.371. The van der Waals surface area contributed by atoms with Crippen LogP contribution in [-0.4, -0.2) is 52.3 Å². The fraction of sp³-hybridized carbons (Fsp3) is 0.269. The van der Waals surface area contributed by atoms with Gasteiger partial charge in [-0.1, -0.05) is 23.7 Å². The van der Waals surface area contributed by atoms with Crippen molar-refractivity contribution in [3.05, 3.63) is 87.6 Å². The zero-order valence-corrected chi connectivity index (χ0v) is 21.2. The monoisotopic (exact) mass is 537 g/mol. The minimum atomic E-state index is -0.621. The maximum atomic E-state index is 14.6. The average molecular weight is 538 g/mol. The molecule has 3 aromatic rings. The van der Waals surface area contributed by atoms with E-state index in [1.807, 2.05) is 6.07 Å². The molecule has 196 valence electrons. The highest BCUT2D eigenvalue weighted by Crippen LogP contribution is 2.33. The summed E-state index contributed by atoms with van der Waals surface area (Å²) in [6.45, 7) is 0.434. The Balaban J connectivity index is 1.25. The molecule has 0 saturated carbocycles. The number of nitrogens with zero attached hydrogens (tertiary/aromatic N) is 3. The SMILES string of the molecule is CN1C[C@@H](NC(=O)c2cnc(NNC(=O)NC3c4cnccc4CCc4c(F)cccc43)c(Cl)c2)CC1=O. The smallest absolute Gasteiger partial charge is 0.334 e. The zero-order valence-electron chi connectivity index (χ0n) is 20.4. The highest BCUT2D eigenvalue weighted by Gasteiger charge is 2.29. The number of aryl methyl sites for hydroxylation is 1. The maximum Gasteiger partial charge on any atom is 0.334 e. The Morgan fingerprint density at radius 3 is 2.74 bits per heavy atom. The number of rotatable bonds is 5. The number of anilines is 1. The first-order valence-corrected chi connectivity index (χ1v) is 12.4. The van der Waals surface area contributed by atoms with Crippen molar-refractivity contribution in [1.29, 1.82) is 0 Å². The number of likely N-dealkylation sites (N-methyl/N-ethyl adjacent to an activating group) is 1. The lowest BCUT2D eigenvalue weighted by Gasteiger charge is -2.22. The number of pyridine rings is 2. The van der Waals surface area contributed by atoms with Crippen LogP contribution < -0.4 is 21.5 Å². The van der Waals surface area contributed by atoms with Gasteiger partial charge in [0.2, 0.25) is 5.91 Å². The summed E-state index contributed by atoms with van der Waals surface area (Å²) >= 11 is 6.30. The van der Waals surface area contributed by atoms with Crippen LogP contribution in [0.4, 0.5) is 15.0 Å². The predicted molar refractivity (Wildman–Crippen MR) is 138 cm³/mol. The van der Waals surface area contributed by atoms with E-state index in [4.69, 9.17) is 11.6 Å². The average Bonchev–Trinajstić information content (AvgIpc) is 3.12. The molecule has 38 heavy (non-hydrogen) atoms. The van der Waals surface area contributed by atoms with Crippen LogP contribution in [0.3, 0.4) is 0 Å². The Kier molecular flexibility index (Phi) is 7.10. The van der Waals surface area contributed by atoms with Gasteiger partial charge in [-0.05, 0) is 47.7 Å². The summed E-state index contributed by atoms with van der Waals surface area (Å²) in [6, 6.07) is 6.60. The van der Waals surface area contributed by atoms with E-state index in [0.717, 1.165) is 11.1 Å². The molecule has 0 radical (unpaired) electrons. The summed E-state index contributed by atoms with van der Waals surface area (Å²) < 4.78 is 14.6. The molecule has 4 amide bonds. The van der Waals surface area contributed by atoms with Gasteiger partial charge in [-0.3, -0.25) is 25.4 Å². The molecule has 1 aliphatic heterocycles. The molecule has 1 saturated heterocycles. The van der Waals surface area contributed by atoms with Gasteiger partial charge in [0.1, 0.15) is 5.82 Å². The Labute approximate surface area is 223 Å². The molecule has 12 heteroatoms. The maximum absolute atomic E-state index is 14.6. The number of urea groups is 1. The van der Waals surface area contributed by atoms with Crippen LogP contribution in [0.5, 0.6) is 0 Å². The molecule has 2 aromatic heterocycles. The van der Waals surface area contributed by atoms with Crippen molar-refractivity contribution < 1.29 is 18.8 Å². The number of halogens is 2. The van der Waals surface area contributed by atoms with E-state index in [1.165, 1.54) is 18.3 Å². The summed E-state index contributed by atoms with van der Waals surface area (Å²) in [5, 5.41) is 5.78. The van der Waals surface area contributed by atoms with Crippen molar-refractivity contribution in [3.8, 4) is 0 Å². The summed E-state index contributed by atoms with van der Waals surface area (Å²) in [5.74, 6) is -0.632. The van der Waals surface area contributed by atoms with Gasteiger partial charge in [0, 0.05) is 44.2 Å². The van der Waals surface area contributed by atoms with E-state index in [9.17, 15) is 18.8 Å². The van der Waals surface area contributed by atoms with E-state index >= 15 is 0 Å². The van der Waals surface area contributed by atoms with E-state index in [2.05, 4.69) is 31.5 Å². The molecule has 1 fully saturated rings. The van der Waals surface area contributed by atoms with E-state index < -0.39 is 18.0 Å². The Morgan fingerprint density at radius 1 is 1.13 bits per heavy atom. The van der Waals surface area contributed by atoms with Gasteiger partial charge < -0.3 is 15.5 Å². The zero-order chi connectivity index (χ0) is 26.8. The first-order valence-electron chi connectivity index (χ1n) is 12.0. The summed E-state index contributed by atoms with van der Waals surface area (Å²) in [6.07, 6.45) is 6.03. The van der Waals surface area contributed by atoms with Crippen LogP contribution in [-0.2, 0) is 17.6 Å². The van der Waals surface area contributed by atoms with Crippen molar-refractivity contribution in [1.82, 2.24) is 30.9 Å². The van der Waals surface area contributed by atoms with Crippen molar-refractivity contribution in [2.75, 3.05) is 19.0 Å². The lowest BCUT2D eigenvalue weighted by atomic mass is 9.96. The van der Waals surface area contributed by atoms with E-state index in [-0.39, 0.29) is 40.6 Å². The van der Waals surface area contributed by atoms with Gasteiger partial charge in [-0.2, -0.15) is 0 Å². The van der Waals surface area contributed by atoms with Crippen LogP contribution in [0.1, 0.15) is 45.1 Å². The third kappa shape index (κ3) is 5.23. The van der Waals surface area contributed by atoms with E-state index in [1.54, 1.807) is 36.5 Å². The molecule has 1 aliphatic carbocycles. The number of hydrogen-bond donors (Lipinski definition) is 4. The minimum absolute atomic E-state index is 0.0346. The fourth-order valence-corrected chi connectivity index (χ4v) is 5.00. The second kappa shape index (κ2) is 10.6. The number of amides is 4. The van der Waals surface area contributed by atoms with Crippen LogP contribution in [0, 0.1) is 5.82 Å². The number of carbonyl (C=O) groups excluding carboxylic acids is 3. The summed E-state index contributed by atoms with van der Waals surface area (Å²) in [4.78, 5) is 47.0.